The van der Waals surface area contributed by atoms with Crippen LogP contribution in [0.1, 0.15) is 25.0 Å². The summed E-state index contributed by atoms with van der Waals surface area (Å²) in [5, 5.41) is 4.24. The molecule has 1 atom stereocenters. The number of aromatic nitrogens is 3. The van der Waals surface area contributed by atoms with Crippen molar-refractivity contribution in [2.75, 3.05) is 25.0 Å². The first kappa shape index (κ1) is 16.5. The van der Waals surface area contributed by atoms with Gasteiger partial charge in [0, 0.05) is 57.2 Å². The van der Waals surface area contributed by atoms with Gasteiger partial charge in [0.05, 0.1) is 0 Å². The van der Waals surface area contributed by atoms with Gasteiger partial charge in [0.25, 0.3) is 0 Å². The van der Waals surface area contributed by atoms with E-state index in [0.29, 0.717) is 13.0 Å². The Labute approximate surface area is 143 Å². The van der Waals surface area contributed by atoms with Gasteiger partial charge in [-0.2, -0.15) is 5.10 Å². The molecule has 1 fully saturated rings. The third-order valence-electron chi connectivity index (χ3n) is 4.78. The molecule has 1 aliphatic heterocycles. The van der Waals surface area contributed by atoms with E-state index in [1.54, 1.807) is 6.20 Å². The minimum absolute atomic E-state index is 0.178. The van der Waals surface area contributed by atoms with Gasteiger partial charge >= 0.3 is 0 Å². The number of rotatable bonds is 5. The summed E-state index contributed by atoms with van der Waals surface area (Å²) in [5.41, 5.74) is 1.09. The Morgan fingerprint density at radius 3 is 2.92 bits per heavy atom. The topological polar surface area (TPSA) is 54.3 Å². The first-order valence-corrected chi connectivity index (χ1v) is 8.55. The van der Waals surface area contributed by atoms with E-state index in [4.69, 9.17) is 0 Å². The number of anilines is 1. The zero-order valence-corrected chi connectivity index (χ0v) is 14.4. The summed E-state index contributed by atoms with van der Waals surface area (Å²) in [4.78, 5) is 21.2. The van der Waals surface area contributed by atoms with Crippen molar-refractivity contribution in [1.29, 1.82) is 0 Å². The smallest absolute Gasteiger partial charge is 0.224 e. The predicted octanol–water partition coefficient (Wildman–Crippen LogP) is 2.10. The number of likely N-dealkylation sites (N-methyl/N-ethyl adjacent to an activating group) is 1. The van der Waals surface area contributed by atoms with Crippen LogP contribution < -0.4 is 4.90 Å². The largest absolute Gasteiger partial charge is 0.355 e. The lowest BCUT2D eigenvalue weighted by Gasteiger charge is -2.38. The van der Waals surface area contributed by atoms with Gasteiger partial charge in [-0.1, -0.05) is 6.07 Å². The maximum Gasteiger partial charge on any atom is 0.224 e. The van der Waals surface area contributed by atoms with E-state index in [2.05, 4.69) is 15.0 Å². The highest BCUT2D eigenvalue weighted by Crippen LogP contribution is 2.20. The predicted molar refractivity (Wildman–Crippen MR) is 93.8 cm³/mol. The van der Waals surface area contributed by atoms with E-state index in [1.165, 1.54) is 0 Å². The van der Waals surface area contributed by atoms with Gasteiger partial charge in [0.2, 0.25) is 5.91 Å². The molecule has 2 aromatic rings. The van der Waals surface area contributed by atoms with Crippen molar-refractivity contribution in [3.8, 4) is 0 Å². The average molecular weight is 327 g/mol. The monoisotopic (exact) mass is 327 g/mol. The van der Waals surface area contributed by atoms with Gasteiger partial charge < -0.3 is 9.80 Å². The number of carbonyl (C=O) groups excluding carboxylic acids is 1. The summed E-state index contributed by atoms with van der Waals surface area (Å²) in [6.45, 7) is 4.49. The molecule has 0 unspecified atom stereocenters. The highest BCUT2D eigenvalue weighted by atomic mass is 16.2. The van der Waals surface area contributed by atoms with Crippen LogP contribution in [0, 0.1) is 6.92 Å². The van der Waals surface area contributed by atoms with E-state index in [0.717, 1.165) is 37.4 Å². The van der Waals surface area contributed by atoms with Crippen molar-refractivity contribution in [2.24, 2.45) is 0 Å². The van der Waals surface area contributed by atoms with Gasteiger partial charge in [-0.25, -0.2) is 4.98 Å². The van der Waals surface area contributed by atoms with Crippen LogP contribution in [0.2, 0.25) is 0 Å². The molecule has 0 N–H and O–H groups in total. The van der Waals surface area contributed by atoms with E-state index < -0.39 is 0 Å². The molecule has 1 saturated heterocycles. The molecular weight excluding hydrogens is 302 g/mol. The molecule has 3 rings (SSSR count). The van der Waals surface area contributed by atoms with Gasteiger partial charge in [-0.05, 0) is 38.0 Å². The Morgan fingerprint density at radius 2 is 2.21 bits per heavy atom. The third-order valence-corrected chi connectivity index (χ3v) is 4.78. The average Bonchev–Trinajstić information content (AvgIpc) is 3.05. The maximum absolute atomic E-state index is 12.5. The maximum atomic E-state index is 12.5. The second-order valence-corrected chi connectivity index (χ2v) is 6.38. The van der Waals surface area contributed by atoms with Crippen molar-refractivity contribution >= 4 is 11.7 Å². The zero-order chi connectivity index (χ0) is 16.9. The Morgan fingerprint density at radius 1 is 1.33 bits per heavy atom. The van der Waals surface area contributed by atoms with Crippen LogP contribution in [0.3, 0.4) is 0 Å². The van der Waals surface area contributed by atoms with Crippen molar-refractivity contribution in [3.05, 3.63) is 42.4 Å². The van der Waals surface area contributed by atoms with E-state index in [9.17, 15) is 4.79 Å². The first-order valence-electron chi connectivity index (χ1n) is 8.55. The second-order valence-electron chi connectivity index (χ2n) is 6.38. The summed E-state index contributed by atoms with van der Waals surface area (Å²) < 4.78 is 1.88. The fourth-order valence-corrected chi connectivity index (χ4v) is 3.23. The van der Waals surface area contributed by atoms with E-state index in [-0.39, 0.29) is 11.9 Å². The molecule has 0 aromatic carbocycles. The molecule has 128 valence electrons. The molecule has 0 saturated carbocycles. The second kappa shape index (κ2) is 7.47. The van der Waals surface area contributed by atoms with E-state index in [1.807, 2.05) is 54.0 Å². The summed E-state index contributed by atoms with van der Waals surface area (Å²) >= 11 is 0. The molecule has 6 heteroatoms. The van der Waals surface area contributed by atoms with Crippen molar-refractivity contribution in [1.82, 2.24) is 19.7 Å². The number of amides is 1. The lowest BCUT2D eigenvalue weighted by Crippen LogP contribution is -2.49. The number of pyridine rings is 1. The minimum Gasteiger partial charge on any atom is -0.355 e. The molecule has 0 spiro atoms. The summed E-state index contributed by atoms with van der Waals surface area (Å²) in [6.07, 6.45) is 6.21. The fraction of sp³-hybridized carbons (Fsp3) is 0.500. The first-order chi connectivity index (χ1) is 11.6. The van der Waals surface area contributed by atoms with Crippen LogP contribution in [0.5, 0.6) is 0 Å². The molecule has 0 aliphatic carbocycles. The summed E-state index contributed by atoms with van der Waals surface area (Å²) in [6, 6.07) is 8.17. The molecule has 2 aromatic heterocycles. The van der Waals surface area contributed by atoms with Gasteiger partial charge in [-0.3, -0.25) is 9.48 Å². The minimum atomic E-state index is 0.178. The number of piperidine rings is 1. The van der Waals surface area contributed by atoms with Crippen LogP contribution in [0.4, 0.5) is 5.82 Å². The number of hydrogen-bond donors (Lipinski definition) is 0. The Kier molecular flexibility index (Phi) is 5.13. The normalized spacial score (nSPS) is 17.8. The van der Waals surface area contributed by atoms with Crippen LogP contribution in [-0.2, 0) is 11.3 Å². The molecule has 3 heterocycles. The molecule has 0 radical (unpaired) electrons. The van der Waals surface area contributed by atoms with Gasteiger partial charge in [-0.15, -0.1) is 0 Å². The quantitative estimate of drug-likeness (QED) is 0.844. The van der Waals surface area contributed by atoms with Crippen LogP contribution in [0.25, 0.3) is 0 Å². The molecule has 24 heavy (non-hydrogen) atoms. The van der Waals surface area contributed by atoms with Gasteiger partial charge in [0.1, 0.15) is 5.82 Å². The standard InChI is InChI=1S/C18H25N5O/c1-15-8-11-20-23(15)13-9-18(24)21(2)16-6-5-12-22(14-16)17-7-3-4-10-19-17/h3-4,7-8,10-11,16H,5-6,9,12-14H2,1-2H3/t16-/m0/s1. The lowest BCUT2D eigenvalue weighted by molar-refractivity contribution is -0.132. The molecule has 1 amide bonds. The Bertz CT molecular complexity index is 669. The molecule has 1 aliphatic rings. The number of hydrogen-bond acceptors (Lipinski definition) is 4. The summed E-state index contributed by atoms with van der Waals surface area (Å²) in [7, 11) is 1.92. The van der Waals surface area contributed by atoms with Gasteiger partial charge in [0.15, 0.2) is 0 Å². The zero-order valence-electron chi connectivity index (χ0n) is 14.4. The van der Waals surface area contributed by atoms with Crippen LogP contribution in [0.15, 0.2) is 36.7 Å². The Hall–Kier alpha value is -2.37. The highest BCUT2D eigenvalue weighted by molar-refractivity contribution is 5.76. The summed E-state index contributed by atoms with van der Waals surface area (Å²) in [5.74, 6) is 1.17. The lowest BCUT2D eigenvalue weighted by atomic mass is 10.0. The number of carbonyl (C=O) groups is 1. The van der Waals surface area contributed by atoms with Crippen molar-refractivity contribution in [2.45, 2.75) is 38.8 Å². The van der Waals surface area contributed by atoms with Crippen LogP contribution in [-0.4, -0.2) is 51.8 Å². The molecule has 6 nitrogen and oxygen atoms in total. The highest BCUT2D eigenvalue weighted by Gasteiger charge is 2.26. The number of nitrogens with zero attached hydrogens (tertiary/aromatic N) is 5. The van der Waals surface area contributed by atoms with E-state index >= 15 is 0 Å². The molecular formula is C18H25N5O. The number of aryl methyl sites for hydroxylation is 2. The fourth-order valence-electron chi connectivity index (χ4n) is 3.23. The molecule has 0 bridgehead atoms. The van der Waals surface area contributed by atoms with Crippen molar-refractivity contribution < 1.29 is 4.79 Å². The SMILES string of the molecule is Cc1ccnn1CCC(=O)N(C)[C@H]1CCCN(c2ccccn2)C1. The third kappa shape index (κ3) is 3.75. The van der Waals surface area contributed by atoms with Crippen molar-refractivity contribution in [3.63, 3.8) is 0 Å². The van der Waals surface area contributed by atoms with Crippen LogP contribution >= 0.6 is 0 Å². The Balaban J connectivity index is 1.56.